The lowest BCUT2D eigenvalue weighted by Crippen LogP contribution is -2.34. The van der Waals surface area contributed by atoms with Gasteiger partial charge in [-0.25, -0.2) is 0 Å². The van der Waals surface area contributed by atoms with Crippen LogP contribution in [0.4, 0.5) is 5.69 Å². The molecule has 5 heteroatoms. The number of thioether (sulfide) groups is 1. The topological polar surface area (TPSA) is 40.6 Å². The number of hydrogen-bond acceptors (Lipinski definition) is 4. The van der Waals surface area contributed by atoms with Crippen molar-refractivity contribution in [2.45, 2.75) is 25.3 Å². The summed E-state index contributed by atoms with van der Waals surface area (Å²) < 4.78 is 0. The van der Waals surface area contributed by atoms with Crippen molar-refractivity contribution in [1.29, 1.82) is 0 Å². The first kappa shape index (κ1) is 20.9. The molecule has 0 bridgehead atoms. The summed E-state index contributed by atoms with van der Waals surface area (Å²) in [5.74, 6) is -0.502. The van der Waals surface area contributed by atoms with Crippen LogP contribution < -0.4 is 4.90 Å². The lowest BCUT2D eigenvalue weighted by Gasteiger charge is -2.24. The van der Waals surface area contributed by atoms with E-state index in [-0.39, 0.29) is 18.4 Å². The zero-order chi connectivity index (χ0) is 21.8. The molecule has 1 heterocycles. The molecule has 0 aliphatic carbocycles. The molecule has 0 saturated heterocycles. The number of nitrogens with zero attached hydrogens (tertiary/aromatic N) is 2. The fourth-order valence-electron chi connectivity index (χ4n) is 3.58. The number of benzene rings is 3. The molecule has 0 fully saturated rings. The van der Waals surface area contributed by atoms with E-state index in [0.717, 1.165) is 21.7 Å². The van der Waals surface area contributed by atoms with Crippen LogP contribution in [0.1, 0.15) is 18.1 Å². The Balaban J connectivity index is 1.75. The Morgan fingerprint density at radius 2 is 1.42 bits per heavy atom. The van der Waals surface area contributed by atoms with Crippen LogP contribution >= 0.6 is 11.8 Å². The van der Waals surface area contributed by atoms with E-state index in [1.54, 1.807) is 0 Å². The van der Waals surface area contributed by atoms with Gasteiger partial charge in [0.1, 0.15) is 10.6 Å². The summed E-state index contributed by atoms with van der Waals surface area (Å²) in [7, 11) is 0. The zero-order valence-electron chi connectivity index (χ0n) is 17.6. The normalized spacial score (nSPS) is 13.8. The highest BCUT2D eigenvalue weighted by molar-refractivity contribution is 8.04. The third-order valence-electron chi connectivity index (χ3n) is 5.18. The standard InChI is InChI=1S/C26H24N2O2S/c1-3-27(21-12-8-5-9-13-21)23-24(31-22-16-14-19(2)15-17-22)26(30)28(25(23)29)18-20-10-6-4-7-11-20/h4-17H,3,18H2,1-2H3. The van der Waals surface area contributed by atoms with Crippen molar-refractivity contribution in [3.05, 3.63) is 107 Å². The maximum Gasteiger partial charge on any atom is 0.279 e. The Bertz CT molecular complexity index is 1110. The molecule has 0 N–H and O–H groups in total. The van der Waals surface area contributed by atoms with Crippen molar-refractivity contribution in [2.24, 2.45) is 0 Å². The highest BCUT2D eigenvalue weighted by Gasteiger charge is 2.41. The highest BCUT2D eigenvalue weighted by Crippen LogP contribution is 2.38. The van der Waals surface area contributed by atoms with Gasteiger partial charge in [-0.15, -0.1) is 0 Å². The molecule has 0 aromatic heterocycles. The molecule has 3 aromatic carbocycles. The van der Waals surface area contributed by atoms with Crippen LogP contribution in [0.25, 0.3) is 0 Å². The predicted molar refractivity (Wildman–Crippen MR) is 126 cm³/mol. The molecule has 156 valence electrons. The van der Waals surface area contributed by atoms with E-state index in [9.17, 15) is 9.59 Å². The number of aryl methyl sites for hydroxylation is 1. The second-order valence-electron chi connectivity index (χ2n) is 7.35. The maximum absolute atomic E-state index is 13.5. The van der Waals surface area contributed by atoms with Crippen molar-refractivity contribution in [3.8, 4) is 0 Å². The summed E-state index contributed by atoms with van der Waals surface area (Å²) in [6.45, 7) is 4.85. The van der Waals surface area contributed by atoms with Gasteiger partial charge in [0.2, 0.25) is 0 Å². The van der Waals surface area contributed by atoms with Gasteiger partial charge in [-0.1, -0.05) is 78.0 Å². The number of rotatable bonds is 7. The molecule has 1 aliphatic heterocycles. The minimum absolute atomic E-state index is 0.246. The summed E-state index contributed by atoms with van der Waals surface area (Å²) in [5, 5.41) is 0. The van der Waals surface area contributed by atoms with Crippen molar-refractivity contribution in [3.63, 3.8) is 0 Å². The molecule has 31 heavy (non-hydrogen) atoms. The molecule has 0 unspecified atom stereocenters. The molecular weight excluding hydrogens is 404 g/mol. The van der Waals surface area contributed by atoms with Gasteiger partial charge in [-0.3, -0.25) is 14.5 Å². The highest BCUT2D eigenvalue weighted by atomic mass is 32.2. The molecule has 1 aliphatic rings. The monoisotopic (exact) mass is 428 g/mol. The van der Waals surface area contributed by atoms with E-state index in [1.807, 2.05) is 104 Å². The molecule has 2 amide bonds. The van der Waals surface area contributed by atoms with E-state index >= 15 is 0 Å². The van der Waals surface area contributed by atoms with E-state index < -0.39 is 0 Å². The van der Waals surface area contributed by atoms with Crippen LogP contribution in [-0.4, -0.2) is 23.3 Å². The number of anilines is 1. The van der Waals surface area contributed by atoms with Gasteiger partial charge in [0.05, 0.1) is 6.54 Å². The van der Waals surface area contributed by atoms with Gasteiger partial charge >= 0.3 is 0 Å². The first-order chi connectivity index (χ1) is 15.1. The maximum atomic E-state index is 13.5. The van der Waals surface area contributed by atoms with E-state index in [2.05, 4.69) is 0 Å². The Labute approximate surface area is 187 Å². The second kappa shape index (κ2) is 9.23. The Morgan fingerprint density at radius 1 is 0.806 bits per heavy atom. The van der Waals surface area contributed by atoms with Gasteiger partial charge in [-0.2, -0.15) is 0 Å². The minimum atomic E-state index is -0.255. The second-order valence-corrected chi connectivity index (χ2v) is 8.44. The van der Waals surface area contributed by atoms with Crippen molar-refractivity contribution in [1.82, 2.24) is 4.90 Å². The Hall–Kier alpha value is -3.31. The largest absolute Gasteiger partial charge is 0.336 e. The van der Waals surface area contributed by atoms with Gasteiger partial charge < -0.3 is 4.90 Å². The summed E-state index contributed by atoms with van der Waals surface area (Å²) in [6.07, 6.45) is 0. The molecule has 4 nitrogen and oxygen atoms in total. The average Bonchev–Trinajstić information content (AvgIpc) is 3.02. The third kappa shape index (κ3) is 4.42. The Morgan fingerprint density at radius 3 is 2.03 bits per heavy atom. The fraction of sp³-hybridized carbons (Fsp3) is 0.154. The molecule has 3 aromatic rings. The summed E-state index contributed by atoms with van der Waals surface area (Å²) in [6, 6.07) is 27.4. The van der Waals surface area contributed by atoms with Crippen molar-refractivity contribution >= 4 is 29.3 Å². The van der Waals surface area contributed by atoms with Crippen LogP contribution in [0.15, 0.2) is 100 Å². The van der Waals surface area contributed by atoms with Crippen molar-refractivity contribution in [2.75, 3.05) is 11.4 Å². The lowest BCUT2D eigenvalue weighted by molar-refractivity contribution is -0.138. The van der Waals surface area contributed by atoms with E-state index in [4.69, 9.17) is 0 Å². The number of likely N-dealkylation sites (N-methyl/N-ethyl adjacent to an activating group) is 1. The third-order valence-corrected chi connectivity index (χ3v) is 6.26. The lowest BCUT2D eigenvalue weighted by atomic mass is 10.2. The summed E-state index contributed by atoms with van der Waals surface area (Å²) >= 11 is 1.36. The molecule has 0 atom stereocenters. The van der Waals surface area contributed by atoms with Gasteiger partial charge in [-0.05, 0) is 43.7 Å². The van der Waals surface area contributed by atoms with E-state index in [1.165, 1.54) is 16.7 Å². The van der Waals surface area contributed by atoms with Gasteiger partial charge in [0, 0.05) is 17.1 Å². The molecule has 0 saturated carbocycles. The van der Waals surface area contributed by atoms with Crippen LogP contribution in [0.3, 0.4) is 0 Å². The predicted octanol–water partition coefficient (Wildman–Crippen LogP) is 5.39. The quantitative estimate of drug-likeness (QED) is 0.473. The number of para-hydroxylation sites is 1. The zero-order valence-corrected chi connectivity index (χ0v) is 18.4. The van der Waals surface area contributed by atoms with E-state index in [0.29, 0.717) is 17.1 Å². The number of carbonyl (C=O) groups is 2. The fourth-order valence-corrected chi connectivity index (χ4v) is 4.58. The average molecular weight is 429 g/mol. The van der Waals surface area contributed by atoms with Gasteiger partial charge in [0.25, 0.3) is 11.8 Å². The first-order valence-electron chi connectivity index (χ1n) is 10.3. The number of carbonyl (C=O) groups excluding carboxylic acids is 2. The first-order valence-corrected chi connectivity index (χ1v) is 11.1. The van der Waals surface area contributed by atoms with Crippen LogP contribution in [0, 0.1) is 6.92 Å². The van der Waals surface area contributed by atoms with Crippen LogP contribution in [0.2, 0.25) is 0 Å². The Kier molecular flexibility index (Phi) is 6.23. The number of imide groups is 1. The smallest absolute Gasteiger partial charge is 0.279 e. The molecule has 0 radical (unpaired) electrons. The molecular formula is C26H24N2O2S. The SMILES string of the molecule is CCN(C1=C(Sc2ccc(C)cc2)C(=O)N(Cc2ccccc2)C1=O)c1ccccc1. The number of amides is 2. The van der Waals surface area contributed by atoms with Gasteiger partial charge in [0.15, 0.2) is 0 Å². The summed E-state index contributed by atoms with van der Waals surface area (Å²) in [5.41, 5.74) is 3.41. The van der Waals surface area contributed by atoms with Crippen LogP contribution in [0.5, 0.6) is 0 Å². The van der Waals surface area contributed by atoms with Crippen LogP contribution in [-0.2, 0) is 16.1 Å². The summed E-state index contributed by atoms with van der Waals surface area (Å²) in [4.78, 5) is 31.7. The number of hydrogen-bond donors (Lipinski definition) is 0. The molecule has 4 rings (SSSR count). The van der Waals surface area contributed by atoms with Crippen molar-refractivity contribution < 1.29 is 9.59 Å². The minimum Gasteiger partial charge on any atom is -0.336 e. The molecule has 0 spiro atoms.